The number of anilines is 1. The van der Waals surface area contributed by atoms with Crippen LogP contribution >= 0.6 is 0 Å². The van der Waals surface area contributed by atoms with E-state index >= 15 is 0 Å². The number of hydrogen-bond donors (Lipinski definition) is 2. The Labute approximate surface area is 168 Å². The van der Waals surface area contributed by atoms with Crippen LogP contribution in [-0.2, 0) is 10.2 Å². The van der Waals surface area contributed by atoms with Crippen LogP contribution in [0.15, 0.2) is 60.7 Å². The predicted octanol–water partition coefficient (Wildman–Crippen LogP) is 4.77. The van der Waals surface area contributed by atoms with E-state index in [9.17, 15) is 9.90 Å². The summed E-state index contributed by atoms with van der Waals surface area (Å²) in [6, 6.07) is 18.7. The molecule has 0 unspecified atom stereocenters. The SMILES string of the molecule is Cc1ccc(NC(=O)C2(c3ccc4c(c3)OCO4)CC2)cc1-c1cccc(O)c1. The average Bonchev–Trinajstić information content (AvgIpc) is 3.40. The first-order valence-electron chi connectivity index (χ1n) is 9.67. The van der Waals surface area contributed by atoms with E-state index in [1.165, 1.54) is 0 Å². The van der Waals surface area contributed by atoms with Crippen LogP contribution in [0, 0.1) is 6.92 Å². The third kappa shape index (κ3) is 3.09. The first kappa shape index (κ1) is 17.6. The Morgan fingerprint density at radius 2 is 1.83 bits per heavy atom. The van der Waals surface area contributed by atoms with E-state index in [0.717, 1.165) is 46.5 Å². The van der Waals surface area contributed by atoms with E-state index in [1.807, 2.05) is 55.5 Å². The molecule has 0 atom stereocenters. The number of aryl methyl sites for hydroxylation is 1. The van der Waals surface area contributed by atoms with Gasteiger partial charge in [0.05, 0.1) is 5.41 Å². The Kier molecular flexibility index (Phi) is 3.98. The molecule has 0 saturated heterocycles. The van der Waals surface area contributed by atoms with Crippen molar-refractivity contribution >= 4 is 11.6 Å². The van der Waals surface area contributed by atoms with Gasteiger partial charge in [-0.2, -0.15) is 0 Å². The number of phenolic OH excluding ortho intramolecular Hbond substituents is 1. The van der Waals surface area contributed by atoms with Gasteiger partial charge in [0.2, 0.25) is 12.7 Å². The summed E-state index contributed by atoms with van der Waals surface area (Å²) in [7, 11) is 0. The lowest BCUT2D eigenvalue weighted by molar-refractivity contribution is -0.118. The van der Waals surface area contributed by atoms with Gasteiger partial charge < -0.3 is 19.9 Å². The van der Waals surface area contributed by atoms with Crippen LogP contribution in [0.25, 0.3) is 11.1 Å². The Hall–Kier alpha value is -3.47. The lowest BCUT2D eigenvalue weighted by atomic mass is 9.94. The third-order valence-corrected chi connectivity index (χ3v) is 5.76. The fourth-order valence-corrected chi connectivity index (χ4v) is 3.90. The topological polar surface area (TPSA) is 67.8 Å². The number of ether oxygens (including phenoxy) is 2. The summed E-state index contributed by atoms with van der Waals surface area (Å²) in [5.74, 6) is 1.63. The van der Waals surface area contributed by atoms with Gasteiger partial charge in [-0.05, 0) is 78.4 Å². The minimum Gasteiger partial charge on any atom is -0.508 e. The van der Waals surface area contributed by atoms with Gasteiger partial charge in [-0.1, -0.05) is 24.3 Å². The Morgan fingerprint density at radius 3 is 2.62 bits per heavy atom. The predicted molar refractivity (Wildman–Crippen MR) is 110 cm³/mol. The molecule has 1 amide bonds. The van der Waals surface area contributed by atoms with Gasteiger partial charge >= 0.3 is 0 Å². The van der Waals surface area contributed by atoms with E-state index in [-0.39, 0.29) is 18.4 Å². The summed E-state index contributed by atoms with van der Waals surface area (Å²) >= 11 is 0. The van der Waals surface area contributed by atoms with Crippen molar-refractivity contribution in [3.8, 4) is 28.4 Å². The lowest BCUT2D eigenvalue weighted by Crippen LogP contribution is -2.27. The smallest absolute Gasteiger partial charge is 0.235 e. The molecule has 0 aromatic heterocycles. The maximum Gasteiger partial charge on any atom is 0.235 e. The zero-order valence-electron chi connectivity index (χ0n) is 16.1. The van der Waals surface area contributed by atoms with E-state index in [2.05, 4.69) is 5.32 Å². The Balaban J connectivity index is 1.42. The van der Waals surface area contributed by atoms with Crippen molar-refractivity contribution in [2.75, 3.05) is 12.1 Å². The summed E-state index contributed by atoms with van der Waals surface area (Å²) in [5, 5.41) is 12.9. The van der Waals surface area contributed by atoms with Gasteiger partial charge in [0.15, 0.2) is 11.5 Å². The number of nitrogens with one attached hydrogen (secondary N) is 1. The molecule has 0 radical (unpaired) electrons. The van der Waals surface area contributed by atoms with Gasteiger partial charge in [-0.25, -0.2) is 0 Å². The number of carbonyl (C=O) groups excluding carboxylic acids is 1. The van der Waals surface area contributed by atoms with Crippen molar-refractivity contribution in [2.45, 2.75) is 25.2 Å². The normalized spacial score (nSPS) is 15.8. The number of carbonyl (C=O) groups is 1. The lowest BCUT2D eigenvalue weighted by Gasteiger charge is -2.17. The molecule has 1 aliphatic heterocycles. The van der Waals surface area contributed by atoms with Gasteiger partial charge in [-0.15, -0.1) is 0 Å². The van der Waals surface area contributed by atoms with Crippen LogP contribution in [0.5, 0.6) is 17.2 Å². The van der Waals surface area contributed by atoms with Gasteiger partial charge in [0.25, 0.3) is 0 Å². The molecule has 1 aliphatic carbocycles. The Bertz CT molecular complexity index is 1120. The summed E-state index contributed by atoms with van der Waals surface area (Å²) in [6.45, 7) is 2.24. The average molecular weight is 387 g/mol. The molecule has 1 heterocycles. The highest BCUT2D eigenvalue weighted by Gasteiger charge is 2.51. The summed E-state index contributed by atoms with van der Waals surface area (Å²) < 4.78 is 10.9. The maximum absolute atomic E-state index is 13.2. The molecule has 146 valence electrons. The number of phenols is 1. The van der Waals surface area contributed by atoms with Crippen LogP contribution in [0.3, 0.4) is 0 Å². The molecule has 29 heavy (non-hydrogen) atoms. The van der Waals surface area contributed by atoms with Crippen molar-refractivity contribution in [1.82, 2.24) is 0 Å². The van der Waals surface area contributed by atoms with Crippen molar-refractivity contribution < 1.29 is 19.4 Å². The molecular weight excluding hydrogens is 366 g/mol. The molecule has 2 aliphatic rings. The minimum absolute atomic E-state index is 0.0120. The number of aromatic hydroxyl groups is 1. The quantitative estimate of drug-likeness (QED) is 0.677. The maximum atomic E-state index is 13.2. The van der Waals surface area contributed by atoms with Crippen LogP contribution in [-0.4, -0.2) is 17.8 Å². The fraction of sp³-hybridized carbons (Fsp3) is 0.208. The van der Waals surface area contributed by atoms with Crippen molar-refractivity contribution in [3.05, 3.63) is 71.8 Å². The number of hydrogen-bond acceptors (Lipinski definition) is 4. The van der Waals surface area contributed by atoms with Crippen LogP contribution in [0.2, 0.25) is 0 Å². The van der Waals surface area contributed by atoms with Crippen LogP contribution in [0.4, 0.5) is 5.69 Å². The molecule has 0 bridgehead atoms. The highest BCUT2D eigenvalue weighted by atomic mass is 16.7. The van der Waals surface area contributed by atoms with Crippen molar-refractivity contribution in [1.29, 1.82) is 0 Å². The molecule has 5 nitrogen and oxygen atoms in total. The molecular formula is C24H21NO4. The number of fused-ring (bicyclic) bond motifs is 1. The summed E-state index contributed by atoms with van der Waals surface area (Å²) in [4.78, 5) is 13.2. The second kappa shape index (κ2) is 6.55. The molecule has 3 aromatic rings. The van der Waals surface area contributed by atoms with E-state index in [4.69, 9.17) is 9.47 Å². The second-order valence-corrected chi connectivity index (χ2v) is 7.68. The minimum atomic E-state index is -0.517. The molecule has 0 spiro atoms. The van der Waals surface area contributed by atoms with Crippen molar-refractivity contribution in [3.63, 3.8) is 0 Å². The molecule has 1 saturated carbocycles. The first-order chi connectivity index (χ1) is 14.0. The number of rotatable bonds is 4. The molecule has 5 rings (SSSR count). The summed E-state index contributed by atoms with van der Waals surface area (Å²) in [5.41, 5.74) is 4.15. The van der Waals surface area contributed by atoms with E-state index in [1.54, 1.807) is 12.1 Å². The van der Waals surface area contributed by atoms with Crippen molar-refractivity contribution in [2.24, 2.45) is 0 Å². The fourth-order valence-electron chi connectivity index (χ4n) is 3.90. The van der Waals surface area contributed by atoms with Crippen LogP contribution in [0.1, 0.15) is 24.0 Å². The van der Waals surface area contributed by atoms with Gasteiger partial charge in [-0.3, -0.25) is 4.79 Å². The highest BCUT2D eigenvalue weighted by molar-refractivity contribution is 6.02. The number of benzene rings is 3. The van der Waals surface area contributed by atoms with Gasteiger partial charge in [0, 0.05) is 5.69 Å². The Morgan fingerprint density at radius 1 is 1.00 bits per heavy atom. The third-order valence-electron chi connectivity index (χ3n) is 5.76. The zero-order valence-corrected chi connectivity index (χ0v) is 16.1. The molecule has 1 fully saturated rings. The highest BCUT2D eigenvalue weighted by Crippen LogP contribution is 2.51. The standard InChI is InChI=1S/C24H21NO4/c1-15-5-7-18(13-20(15)16-3-2-4-19(26)11-16)25-23(27)24(9-10-24)17-6-8-21-22(12-17)29-14-28-21/h2-8,11-13,26H,9-10,14H2,1H3,(H,25,27). The molecule has 2 N–H and O–H groups in total. The van der Waals surface area contributed by atoms with E-state index in [0.29, 0.717) is 5.75 Å². The largest absolute Gasteiger partial charge is 0.508 e. The number of amides is 1. The molecule has 3 aromatic carbocycles. The second-order valence-electron chi connectivity index (χ2n) is 7.68. The summed E-state index contributed by atoms with van der Waals surface area (Å²) in [6.07, 6.45) is 1.62. The van der Waals surface area contributed by atoms with E-state index < -0.39 is 5.41 Å². The molecule has 5 heteroatoms. The van der Waals surface area contributed by atoms with Gasteiger partial charge in [0.1, 0.15) is 5.75 Å². The first-order valence-corrected chi connectivity index (χ1v) is 9.67. The van der Waals surface area contributed by atoms with Crippen LogP contribution < -0.4 is 14.8 Å². The monoisotopic (exact) mass is 387 g/mol. The zero-order chi connectivity index (χ0) is 20.0.